The van der Waals surface area contributed by atoms with Crippen LogP contribution in [0.4, 0.5) is 13.2 Å². The van der Waals surface area contributed by atoms with Crippen molar-refractivity contribution in [2.75, 3.05) is 6.54 Å². The molecule has 2 aromatic rings. The van der Waals surface area contributed by atoms with Crippen LogP contribution >= 0.6 is 0 Å². The average molecular weight is 310 g/mol. The van der Waals surface area contributed by atoms with E-state index in [1.807, 2.05) is 6.92 Å². The Bertz CT molecular complexity index is 758. The van der Waals surface area contributed by atoms with E-state index in [0.717, 1.165) is 31.0 Å². The van der Waals surface area contributed by atoms with Crippen LogP contribution in [-0.2, 0) is 12.7 Å². The van der Waals surface area contributed by atoms with Gasteiger partial charge in [-0.15, -0.1) is 0 Å². The molecule has 1 aromatic carbocycles. The van der Waals surface area contributed by atoms with E-state index in [4.69, 9.17) is 0 Å². The van der Waals surface area contributed by atoms with Crippen LogP contribution < -0.4 is 10.7 Å². The molecule has 0 saturated carbocycles. The van der Waals surface area contributed by atoms with Crippen molar-refractivity contribution in [1.29, 1.82) is 0 Å². The second-order valence-corrected chi connectivity index (χ2v) is 5.82. The van der Waals surface area contributed by atoms with Crippen molar-refractivity contribution < 1.29 is 13.2 Å². The Kier molecular flexibility index (Phi) is 3.72. The van der Waals surface area contributed by atoms with Crippen LogP contribution in [0.2, 0.25) is 0 Å². The molecule has 1 aromatic heterocycles. The summed E-state index contributed by atoms with van der Waals surface area (Å²) in [6.07, 6.45) is -2.74. The van der Waals surface area contributed by atoms with E-state index >= 15 is 0 Å². The van der Waals surface area contributed by atoms with Gasteiger partial charge in [0.15, 0.2) is 5.43 Å². The molecule has 1 saturated heterocycles. The van der Waals surface area contributed by atoms with Crippen molar-refractivity contribution in [1.82, 2.24) is 9.88 Å². The van der Waals surface area contributed by atoms with Gasteiger partial charge in [0.1, 0.15) is 5.69 Å². The molecule has 0 aliphatic carbocycles. The molecule has 6 heteroatoms. The van der Waals surface area contributed by atoms with Gasteiger partial charge in [0.05, 0.1) is 5.52 Å². The predicted molar refractivity (Wildman–Crippen MR) is 79.0 cm³/mol. The van der Waals surface area contributed by atoms with Crippen LogP contribution in [0.5, 0.6) is 0 Å². The number of nitrogens with one attached hydrogen (secondary N) is 1. The molecule has 118 valence electrons. The minimum atomic E-state index is -4.54. The van der Waals surface area contributed by atoms with E-state index < -0.39 is 17.3 Å². The summed E-state index contributed by atoms with van der Waals surface area (Å²) < 4.78 is 41.2. The molecular formula is C16H17F3N2O. The maximum atomic E-state index is 13.3. The maximum Gasteiger partial charge on any atom is 0.431 e. The summed E-state index contributed by atoms with van der Waals surface area (Å²) in [4.78, 5) is 12.1. The van der Waals surface area contributed by atoms with E-state index in [1.165, 1.54) is 4.57 Å². The van der Waals surface area contributed by atoms with Crippen molar-refractivity contribution in [3.05, 3.63) is 45.7 Å². The molecule has 3 rings (SSSR count). The van der Waals surface area contributed by atoms with Crippen molar-refractivity contribution >= 4 is 10.9 Å². The minimum Gasteiger partial charge on any atom is -0.335 e. The van der Waals surface area contributed by atoms with E-state index in [-0.39, 0.29) is 12.6 Å². The molecule has 1 atom stereocenters. The highest BCUT2D eigenvalue weighted by Gasteiger charge is 2.35. The number of aryl methyl sites for hydroxylation is 1. The van der Waals surface area contributed by atoms with Gasteiger partial charge in [-0.3, -0.25) is 4.79 Å². The van der Waals surface area contributed by atoms with Crippen LogP contribution in [-0.4, -0.2) is 17.2 Å². The molecule has 1 fully saturated rings. The summed E-state index contributed by atoms with van der Waals surface area (Å²) in [5.41, 5.74) is -0.252. The Hall–Kier alpha value is -1.82. The molecule has 2 heterocycles. The normalized spacial score (nSPS) is 19.0. The van der Waals surface area contributed by atoms with Crippen LogP contribution in [0, 0.1) is 6.92 Å². The molecule has 3 nitrogen and oxygen atoms in total. The van der Waals surface area contributed by atoms with Crippen LogP contribution in [0.1, 0.15) is 24.1 Å². The fourth-order valence-corrected chi connectivity index (χ4v) is 3.06. The summed E-state index contributed by atoms with van der Waals surface area (Å²) in [6.45, 7) is 2.86. The summed E-state index contributed by atoms with van der Waals surface area (Å²) in [7, 11) is 0. The maximum absolute atomic E-state index is 13.3. The Morgan fingerprint density at radius 1 is 1.32 bits per heavy atom. The lowest BCUT2D eigenvalue weighted by atomic mass is 10.1. The van der Waals surface area contributed by atoms with Crippen molar-refractivity contribution in [2.24, 2.45) is 0 Å². The standard InChI is InChI=1S/C16H17F3N2O/c1-10-4-5-13-12(7-10)14(22)8-15(16(17,18)19)21(13)9-11-3-2-6-20-11/h4-5,7-8,11,20H,2-3,6,9H2,1H3/t11-/m1/s1. The predicted octanol–water partition coefficient (Wildman–Crippen LogP) is 3.08. The molecule has 0 amide bonds. The van der Waals surface area contributed by atoms with E-state index in [9.17, 15) is 18.0 Å². The number of hydrogen-bond donors (Lipinski definition) is 1. The first-order chi connectivity index (χ1) is 10.4. The van der Waals surface area contributed by atoms with Crippen molar-refractivity contribution in [2.45, 2.75) is 38.5 Å². The van der Waals surface area contributed by atoms with Crippen LogP contribution in [0.15, 0.2) is 29.1 Å². The van der Waals surface area contributed by atoms with Gasteiger partial charge in [-0.2, -0.15) is 13.2 Å². The summed E-state index contributed by atoms with van der Waals surface area (Å²) in [6, 6.07) is 5.72. The van der Waals surface area contributed by atoms with Gasteiger partial charge >= 0.3 is 6.18 Å². The number of fused-ring (bicyclic) bond motifs is 1. The average Bonchev–Trinajstić information content (AvgIpc) is 2.93. The number of aromatic nitrogens is 1. The van der Waals surface area contributed by atoms with Crippen LogP contribution in [0.25, 0.3) is 10.9 Å². The largest absolute Gasteiger partial charge is 0.431 e. The minimum absolute atomic E-state index is 0.00750. The zero-order valence-electron chi connectivity index (χ0n) is 12.2. The number of rotatable bonds is 2. The second kappa shape index (κ2) is 5.43. The highest BCUT2D eigenvalue weighted by Crippen LogP contribution is 2.31. The first-order valence-electron chi connectivity index (χ1n) is 7.31. The quantitative estimate of drug-likeness (QED) is 0.925. The zero-order chi connectivity index (χ0) is 15.9. The first kappa shape index (κ1) is 15.1. The molecule has 0 unspecified atom stereocenters. The Morgan fingerprint density at radius 2 is 2.09 bits per heavy atom. The third-order valence-corrected chi connectivity index (χ3v) is 4.12. The third kappa shape index (κ3) is 2.75. The third-order valence-electron chi connectivity index (χ3n) is 4.12. The SMILES string of the molecule is Cc1ccc2c(c1)c(=O)cc(C(F)(F)F)n2C[C@H]1CCCN1. The molecule has 0 bridgehead atoms. The summed E-state index contributed by atoms with van der Waals surface area (Å²) >= 11 is 0. The van der Waals surface area contributed by atoms with Crippen molar-refractivity contribution in [3.63, 3.8) is 0 Å². The molecule has 1 aliphatic heterocycles. The second-order valence-electron chi connectivity index (χ2n) is 5.82. The lowest BCUT2D eigenvalue weighted by Gasteiger charge is -2.21. The highest BCUT2D eigenvalue weighted by molar-refractivity contribution is 5.80. The molecule has 1 aliphatic rings. The highest BCUT2D eigenvalue weighted by atomic mass is 19.4. The van der Waals surface area contributed by atoms with Crippen LogP contribution in [0.3, 0.4) is 0 Å². The number of hydrogen-bond acceptors (Lipinski definition) is 2. The lowest BCUT2D eigenvalue weighted by molar-refractivity contribution is -0.143. The summed E-state index contributed by atoms with van der Waals surface area (Å²) in [5.74, 6) is 0. The Balaban J connectivity index is 2.23. The van der Waals surface area contributed by atoms with E-state index in [1.54, 1.807) is 18.2 Å². The number of nitrogens with zero attached hydrogens (tertiary/aromatic N) is 1. The Morgan fingerprint density at radius 3 is 2.73 bits per heavy atom. The van der Waals surface area contributed by atoms with Gasteiger partial charge in [0.25, 0.3) is 0 Å². The van der Waals surface area contributed by atoms with E-state index in [2.05, 4.69) is 5.32 Å². The van der Waals surface area contributed by atoms with Gasteiger partial charge in [-0.1, -0.05) is 11.6 Å². The molecule has 1 N–H and O–H groups in total. The van der Waals surface area contributed by atoms with Gasteiger partial charge in [-0.05, 0) is 38.4 Å². The molecular weight excluding hydrogens is 293 g/mol. The fraction of sp³-hybridized carbons (Fsp3) is 0.438. The van der Waals surface area contributed by atoms with Gasteiger partial charge in [-0.25, -0.2) is 0 Å². The number of alkyl halides is 3. The zero-order valence-corrected chi connectivity index (χ0v) is 12.2. The smallest absolute Gasteiger partial charge is 0.335 e. The van der Waals surface area contributed by atoms with E-state index in [0.29, 0.717) is 10.9 Å². The topological polar surface area (TPSA) is 34.0 Å². The van der Waals surface area contributed by atoms with Crippen molar-refractivity contribution in [3.8, 4) is 0 Å². The monoisotopic (exact) mass is 310 g/mol. The molecule has 0 radical (unpaired) electrons. The Labute approximate surface area is 125 Å². The van der Waals surface area contributed by atoms with Gasteiger partial charge in [0, 0.05) is 24.0 Å². The lowest BCUT2D eigenvalue weighted by Crippen LogP contribution is -2.31. The summed E-state index contributed by atoms with van der Waals surface area (Å²) in [5, 5.41) is 3.55. The van der Waals surface area contributed by atoms with Gasteiger partial charge in [0.2, 0.25) is 0 Å². The molecule has 0 spiro atoms. The van der Waals surface area contributed by atoms with Gasteiger partial charge < -0.3 is 9.88 Å². The number of halogens is 3. The number of benzene rings is 1. The molecule has 22 heavy (non-hydrogen) atoms. The number of pyridine rings is 1. The first-order valence-corrected chi connectivity index (χ1v) is 7.31. The fourth-order valence-electron chi connectivity index (χ4n) is 3.06.